The van der Waals surface area contributed by atoms with Crippen molar-refractivity contribution in [3.05, 3.63) is 42.7 Å². The van der Waals surface area contributed by atoms with Crippen molar-refractivity contribution < 1.29 is 0 Å². The molecule has 0 saturated heterocycles. The van der Waals surface area contributed by atoms with Crippen LogP contribution in [0.2, 0.25) is 5.02 Å². The smallest absolute Gasteiger partial charge is 0.271 e. The first-order valence-corrected chi connectivity index (χ1v) is 8.43. The summed E-state index contributed by atoms with van der Waals surface area (Å²) in [7, 11) is 0. The van der Waals surface area contributed by atoms with Gasteiger partial charge in [0.05, 0.1) is 10.7 Å². The second kappa shape index (κ2) is 6.80. The molecule has 1 aromatic heterocycles. The third-order valence-electron chi connectivity index (χ3n) is 2.53. The summed E-state index contributed by atoms with van der Waals surface area (Å²) in [4.78, 5) is 16.1. The third-order valence-corrected chi connectivity index (χ3v) is 4.31. The predicted octanol–water partition coefficient (Wildman–Crippen LogP) is 3.55. The van der Waals surface area contributed by atoms with Gasteiger partial charge in [-0.2, -0.15) is 0 Å². The van der Waals surface area contributed by atoms with E-state index in [1.54, 1.807) is 0 Å². The number of aliphatic imine (C=N–C) groups is 1. The molecular formula is C13H14ClIN4OS. The Hall–Kier alpha value is -1.06. The van der Waals surface area contributed by atoms with Crippen molar-refractivity contribution in [2.45, 2.75) is 19.9 Å². The van der Waals surface area contributed by atoms with Gasteiger partial charge in [0.15, 0.2) is 0 Å². The van der Waals surface area contributed by atoms with Crippen molar-refractivity contribution in [1.82, 2.24) is 4.37 Å². The number of nitrogens with zero attached hydrogens (tertiary/aromatic N) is 1. The summed E-state index contributed by atoms with van der Waals surface area (Å²) in [6, 6.07) is 5.63. The molecule has 0 aliphatic carbocycles. The first kappa shape index (κ1) is 16.3. The van der Waals surface area contributed by atoms with E-state index in [4.69, 9.17) is 17.3 Å². The van der Waals surface area contributed by atoms with Crippen LogP contribution in [-0.2, 0) is 0 Å². The molecule has 0 aliphatic heterocycles. The zero-order valence-corrected chi connectivity index (χ0v) is 15.1. The molecule has 4 N–H and O–H groups in total. The zero-order valence-electron chi connectivity index (χ0n) is 11.4. The Morgan fingerprint density at radius 2 is 2.24 bits per heavy atom. The van der Waals surface area contributed by atoms with E-state index in [1.807, 2.05) is 32.0 Å². The molecule has 0 bridgehead atoms. The molecular weight excluding hydrogens is 423 g/mol. The lowest BCUT2D eigenvalue weighted by molar-refractivity contribution is 0.834. The SMILES string of the molecule is CC(C)N=C(N)c1c(Nc2ccc(I)cc2Cl)s[nH]c1=O. The number of anilines is 2. The minimum Gasteiger partial charge on any atom is -0.383 e. The minimum absolute atomic E-state index is 0.0130. The van der Waals surface area contributed by atoms with E-state index in [0.717, 1.165) is 3.57 Å². The minimum atomic E-state index is -0.258. The highest BCUT2D eigenvalue weighted by atomic mass is 127. The number of nitrogens with two attached hydrogens (primary N) is 1. The van der Waals surface area contributed by atoms with Gasteiger partial charge in [-0.05, 0) is 66.2 Å². The Kier molecular flexibility index (Phi) is 5.28. The summed E-state index contributed by atoms with van der Waals surface area (Å²) in [5.41, 5.74) is 6.73. The van der Waals surface area contributed by atoms with Crippen molar-refractivity contribution in [1.29, 1.82) is 0 Å². The highest BCUT2D eigenvalue weighted by molar-refractivity contribution is 14.1. The van der Waals surface area contributed by atoms with Crippen LogP contribution < -0.4 is 16.6 Å². The number of aromatic nitrogens is 1. The number of benzene rings is 1. The Morgan fingerprint density at radius 1 is 1.52 bits per heavy atom. The van der Waals surface area contributed by atoms with Crippen LogP contribution >= 0.6 is 45.7 Å². The number of aromatic amines is 1. The molecule has 2 aromatic rings. The van der Waals surface area contributed by atoms with Crippen molar-refractivity contribution in [3.8, 4) is 0 Å². The van der Waals surface area contributed by atoms with Crippen LogP contribution in [0.15, 0.2) is 28.0 Å². The molecule has 8 heteroatoms. The Labute approximate surface area is 144 Å². The maximum absolute atomic E-state index is 11.9. The zero-order chi connectivity index (χ0) is 15.6. The van der Waals surface area contributed by atoms with Crippen LogP contribution in [0.3, 0.4) is 0 Å². The fourth-order valence-corrected chi connectivity index (χ4v) is 3.34. The van der Waals surface area contributed by atoms with Crippen LogP contribution in [-0.4, -0.2) is 16.3 Å². The average molecular weight is 437 g/mol. The van der Waals surface area contributed by atoms with E-state index in [2.05, 4.69) is 37.3 Å². The summed E-state index contributed by atoms with van der Waals surface area (Å²) in [6.07, 6.45) is 0. The Morgan fingerprint density at radius 3 is 2.86 bits per heavy atom. The molecule has 0 saturated carbocycles. The molecule has 0 spiro atoms. The summed E-state index contributed by atoms with van der Waals surface area (Å²) in [5, 5.41) is 4.31. The topological polar surface area (TPSA) is 83.3 Å². The third kappa shape index (κ3) is 3.98. The molecule has 1 aromatic carbocycles. The number of halogens is 2. The lowest BCUT2D eigenvalue weighted by Crippen LogP contribution is -2.23. The molecule has 0 radical (unpaired) electrons. The van der Waals surface area contributed by atoms with Gasteiger partial charge in [-0.1, -0.05) is 11.6 Å². The van der Waals surface area contributed by atoms with Gasteiger partial charge in [-0.3, -0.25) is 14.2 Å². The fourth-order valence-electron chi connectivity index (χ4n) is 1.68. The quantitative estimate of drug-likeness (QED) is 0.389. The number of rotatable bonds is 4. The summed E-state index contributed by atoms with van der Waals surface area (Å²) < 4.78 is 3.69. The van der Waals surface area contributed by atoms with Crippen molar-refractivity contribution in [2.75, 3.05) is 5.32 Å². The van der Waals surface area contributed by atoms with Crippen molar-refractivity contribution >= 4 is 62.2 Å². The largest absolute Gasteiger partial charge is 0.383 e. The predicted molar refractivity (Wildman–Crippen MR) is 98.3 cm³/mol. The van der Waals surface area contributed by atoms with Gasteiger partial charge in [0, 0.05) is 9.61 Å². The molecule has 0 amide bonds. The maximum atomic E-state index is 11.9. The van der Waals surface area contributed by atoms with E-state index < -0.39 is 0 Å². The second-order valence-electron chi connectivity index (χ2n) is 4.59. The highest BCUT2D eigenvalue weighted by Gasteiger charge is 2.16. The molecule has 0 aliphatic rings. The molecule has 112 valence electrons. The number of hydrogen-bond donors (Lipinski definition) is 3. The molecule has 0 unspecified atom stereocenters. The average Bonchev–Trinajstić information content (AvgIpc) is 2.73. The van der Waals surface area contributed by atoms with Crippen LogP contribution in [0.4, 0.5) is 10.7 Å². The normalized spacial score (nSPS) is 12.0. The summed E-state index contributed by atoms with van der Waals surface area (Å²) in [6.45, 7) is 3.80. The van der Waals surface area contributed by atoms with E-state index in [0.29, 0.717) is 21.3 Å². The Balaban J connectivity index is 2.40. The van der Waals surface area contributed by atoms with Crippen LogP contribution in [0.25, 0.3) is 0 Å². The van der Waals surface area contributed by atoms with E-state index in [9.17, 15) is 4.79 Å². The molecule has 1 heterocycles. The van der Waals surface area contributed by atoms with Crippen molar-refractivity contribution in [2.24, 2.45) is 10.7 Å². The monoisotopic (exact) mass is 436 g/mol. The standard InChI is InChI=1S/C13H14ClIN4OS/c1-6(2)17-11(16)10-12(20)19-21-13(10)18-9-4-3-7(15)5-8(9)14/h3-6,18H,1-2H3,(H2,16,17)(H,19,20). The van der Waals surface area contributed by atoms with Gasteiger partial charge in [-0.15, -0.1) is 0 Å². The summed E-state index contributed by atoms with van der Waals surface area (Å²) >= 11 is 9.54. The molecule has 2 rings (SSSR count). The number of amidine groups is 1. The first-order valence-electron chi connectivity index (χ1n) is 6.15. The molecule has 21 heavy (non-hydrogen) atoms. The van der Waals surface area contributed by atoms with Gasteiger partial charge >= 0.3 is 0 Å². The maximum Gasteiger partial charge on any atom is 0.271 e. The lowest BCUT2D eigenvalue weighted by Gasteiger charge is -2.08. The van der Waals surface area contributed by atoms with Gasteiger partial charge in [0.25, 0.3) is 5.56 Å². The fraction of sp³-hybridized carbons (Fsp3) is 0.231. The highest BCUT2D eigenvalue weighted by Crippen LogP contribution is 2.29. The van der Waals surface area contributed by atoms with E-state index in [1.165, 1.54) is 11.5 Å². The van der Waals surface area contributed by atoms with Gasteiger partial charge in [0.1, 0.15) is 16.4 Å². The van der Waals surface area contributed by atoms with Gasteiger partial charge in [0.2, 0.25) is 0 Å². The summed E-state index contributed by atoms with van der Waals surface area (Å²) in [5.74, 6) is 0.219. The number of H-pyrrole nitrogens is 1. The molecule has 5 nitrogen and oxygen atoms in total. The van der Waals surface area contributed by atoms with Crippen LogP contribution in [0.1, 0.15) is 19.4 Å². The molecule has 0 fully saturated rings. The molecule has 0 atom stereocenters. The van der Waals surface area contributed by atoms with Crippen molar-refractivity contribution in [3.63, 3.8) is 0 Å². The number of nitrogens with one attached hydrogen (secondary N) is 2. The van der Waals surface area contributed by atoms with Crippen LogP contribution in [0, 0.1) is 3.57 Å². The second-order valence-corrected chi connectivity index (χ2v) is 7.06. The van der Waals surface area contributed by atoms with Crippen LogP contribution in [0.5, 0.6) is 0 Å². The lowest BCUT2D eigenvalue weighted by atomic mass is 10.2. The van der Waals surface area contributed by atoms with E-state index >= 15 is 0 Å². The number of hydrogen-bond acceptors (Lipinski definition) is 4. The van der Waals surface area contributed by atoms with E-state index in [-0.39, 0.29) is 17.4 Å². The Bertz CT molecular complexity index is 738. The van der Waals surface area contributed by atoms with Gasteiger partial charge < -0.3 is 11.1 Å². The van der Waals surface area contributed by atoms with Gasteiger partial charge in [-0.25, -0.2) is 0 Å². The first-order chi connectivity index (χ1) is 9.88.